The molecule has 0 aliphatic carbocycles. The van der Waals surface area contributed by atoms with Gasteiger partial charge in [0.15, 0.2) is 5.78 Å². The summed E-state index contributed by atoms with van der Waals surface area (Å²) in [7, 11) is 0. The number of carbonyl (C=O) groups is 1. The lowest BCUT2D eigenvalue weighted by molar-refractivity contribution is -0.110. The maximum Gasteiger partial charge on any atom is 0.179 e. The molecule has 0 unspecified atom stereocenters. The van der Waals surface area contributed by atoms with Gasteiger partial charge in [-0.05, 0) is 23.0 Å². The van der Waals surface area contributed by atoms with Gasteiger partial charge in [-0.1, -0.05) is 0 Å². The van der Waals surface area contributed by atoms with Gasteiger partial charge in [-0.15, -0.1) is 0 Å². The van der Waals surface area contributed by atoms with E-state index >= 15 is 0 Å². The third-order valence-electron chi connectivity index (χ3n) is 0.478. The minimum atomic E-state index is -0.102. The highest BCUT2D eigenvalue weighted by Crippen LogP contribution is 1.84. The third-order valence-corrected chi connectivity index (χ3v) is 0.776. The van der Waals surface area contributed by atoms with Gasteiger partial charge in [0.1, 0.15) is 0 Å². The van der Waals surface area contributed by atoms with Gasteiger partial charge in [0.25, 0.3) is 0 Å². The number of thiol groups is 2. The van der Waals surface area contributed by atoms with E-state index in [1.54, 1.807) is 0 Å². The largest absolute Gasteiger partial charge is 0.290 e. The molecule has 0 heterocycles. The molecule has 0 aromatic rings. The van der Waals surface area contributed by atoms with Gasteiger partial charge >= 0.3 is 0 Å². The molecule has 0 amide bonds. The number of rotatable bonds is 2. The molecule has 0 saturated heterocycles. The van der Waals surface area contributed by atoms with Crippen molar-refractivity contribution in [3.05, 3.63) is 23.0 Å². The molecule has 0 saturated carbocycles. The Hall–Kier alpha value is -0.150. The monoisotopic (exact) mass is 146 g/mol. The Morgan fingerprint density at radius 3 is 1.75 bits per heavy atom. The molecule has 8 heavy (non-hydrogen) atoms. The van der Waals surface area contributed by atoms with Gasteiger partial charge in [0.05, 0.1) is 0 Å². The Labute approximate surface area is 59.3 Å². The highest BCUT2D eigenvalue weighted by molar-refractivity contribution is 7.83. The quantitative estimate of drug-likeness (QED) is 0.445. The summed E-state index contributed by atoms with van der Waals surface area (Å²) in [6, 6.07) is 0. The van der Waals surface area contributed by atoms with Crippen LogP contribution in [0.1, 0.15) is 0 Å². The van der Waals surface area contributed by atoms with Crippen molar-refractivity contribution in [1.29, 1.82) is 0 Å². The average Bonchev–Trinajstić information content (AvgIpc) is 1.68. The molecule has 0 aromatic heterocycles. The number of ketones is 1. The summed E-state index contributed by atoms with van der Waals surface area (Å²) in [5, 5.41) is 2.77. The molecule has 0 atom stereocenters. The zero-order chi connectivity index (χ0) is 6.41. The average molecular weight is 146 g/mol. The van der Waals surface area contributed by atoms with E-state index in [2.05, 4.69) is 25.3 Å². The van der Waals surface area contributed by atoms with Crippen molar-refractivity contribution < 1.29 is 4.79 Å². The van der Waals surface area contributed by atoms with E-state index < -0.39 is 0 Å². The van der Waals surface area contributed by atoms with Gasteiger partial charge in [-0.25, -0.2) is 0 Å². The van der Waals surface area contributed by atoms with Crippen molar-refractivity contribution in [2.75, 3.05) is 0 Å². The lowest BCUT2D eigenvalue weighted by atomic mass is 10.4. The fraction of sp³-hybridized carbons (Fsp3) is 0. The third kappa shape index (κ3) is 4.02. The minimum Gasteiger partial charge on any atom is -0.290 e. The van der Waals surface area contributed by atoms with Gasteiger partial charge in [-0.2, -0.15) is 25.3 Å². The summed E-state index contributed by atoms with van der Waals surface area (Å²) in [4.78, 5) is 10.4. The first-order chi connectivity index (χ1) is 3.81. The van der Waals surface area contributed by atoms with Crippen LogP contribution in [0.15, 0.2) is 23.0 Å². The van der Waals surface area contributed by atoms with Crippen LogP contribution in [0, 0.1) is 0 Å². The highest BCUT2D eigenvalue weighted by atomic mass is 32.1. The van der Waals surface area contributed by atoms with Gasteiger partial charge in [-0.3, -0.25) is 4.79 Å². The fourth-order valence-electron chi connectivity index (χ4n) is 0.202. The molecule has 44 valence electrons. The Morgan fingerprint density at radius 1 is 1.12 bits per heavy atom. The Morgan fingerprint density at radius 2 is 1.50 bits per heavy atom. The second-order valence-electron chi connectivity index (χ2n) is 1.03. The van der Waals surface area contributed by atoms with E-state index in [0.717, 1.165) is 0 Å². The van der Waals surface area contributed by atoms with Crippen LogP contribution in [0.2, 0.25) is 0 Å². The summed E-state index contributed by atoms with van der Waals surface area (Å²) < 4.78 is 0. The van der Waals surface area contributed by atoms with E-state index in [9.17, 15) is 4.79 Å². The Bertz CT molecular complexity index is 112. The molecule has 0 fully saturated rings. The van der Waals surface area contributed by atoms with Crippen LogP contribution in [0.3, 0.4) is 0 Å². The van der Waals surface area contributed by atoms with Gasteiger partial charge in [0.2, 0.25) is 0 Å². The number of hydrogen-bond acceptors (Lipinski definition) is 3. The van der Waals surface area contributed by atoms with E-state index in [1.807, 2.05) is 0 Å². The van der Waals surface area contributed by atoms with Crippen LogP contribution in [0.5, 0.6) is 0 Å². The van der Waals surface area contributed by atoms with Crippen molar-refractivity contribution in [2.45, 2.75) is 0 Å². The standard InChI is InChI=1S/C5H6OS2/c6-5(1-3-7)2-4-8/h1-4,7-8H/b3-1+,4-2+. The lowest BCUT2D eigenvalue weighted by Crippen LogP contribution is -1.80. The number of allylic oxidation sites excluding steroid dienone is 2. The van der Waals surface area contributed by atoms with Crippen molar-refractivity contribution in [1.82, 2.24) is 0 Å². The predicted molar refractivity (Wildman–Crippen MR) is 41.3 cm³/mol. The minimum absolute atomic E-state index is 0.102. The van der Waals surface area contributed by atoms with Crippen molar-refractivity contribution in [2.24, 2.45) is 0 Å². The molecule has 0 N–H and O–H groups in total. The van der Waals surface area contributed by atoms with Crippen LogP contribution in [-0.4, -0.2) is 5.78 Å². The molecule has 3 heteroatoms. The first-order valence-corrected chi connectivity index (χ1v) is 3.00. The van der Waals surface area contributed by atoms with Crippen LogP contribution in [0.25, 0.3) is 0 Å². The molecule has 0 aromatic carbocycles. The molecular formula is C5H6OS2. The summed E-state index contributed by atoms with van der Waals surface area (Å²) in [6.07, 6.45) is 2.69. The van der Waals surface area contributed by atoms with E-state index in [-0.39, 0.29) is 5.78 Å². The number of hydrogen-bond donors (Lipinski definition) is 2. The van der Waals surface area contributed by atoms with Crippen LogP contribution < -0.4 is 0 Å². The Kier molecular flexibility index (Phi) is 4.90. The van der Waals surface area contributed by atoms with Crippen LogP contribution in [-0.2, 0) is 4.79 Å². The second kappa shape index (κ2) is 5.00. The molecule has 0 radical (unpaired) electrons. The molecule has 0 spiro atoms. The first-order valence-electron chi connectivity index (χ1n) is 1.96. The first kappa shape index (κ1) is 7.85. The van der Waals surface area contributed by atoms with E-state index in [0.29, 0.717) is 0 Å². The maximum atomic E-state index is 10.4. The molecule has 0 aliphatic heterocycles. The summed E-state index contributed by atoms with van der Waals surface area (Å²) in [5.41, 5.74) is 0. The van der Waals surface area contributed by atoms with Gasteiger partial charge in [0, 0.05) is 0 Å². The highest BCUT2D eigenvalue weighted by Gasteiger charge is 1.81. The summed E-state index contributed by atoms with van der Waals surface area (Å²) >= 11 is 7.39. The predicted octanol–water partition coefficient (Wildman–Crippen LogP) is 1.44. The molecular weight excluding hydrogens is 140 g/mol. The maximum absolute atomic E-state index is 10.4. The van der Waals surface area contributed by atoms with Crippen molar-refractivity contribution in [3.8, 4) is 0 Å². The van der Waals surface area contributed by atoms with Crippen LogP contribution >= 0.6 is 25.3 Å². The fourth-order valence-corrected chi connectivity index (χ4v) is 0.496. The molecule has 0 bridgehead atoms. The van der Waals surface area contributed by atoms with Crippen molar-refractivity contribution >= 4 is 31.0 Å². The van der Waals surface area contributed by atoms with E-state index in [1.165, 1.54) is 23.0 Å². The molecule has 0 aliphatic rings. The van der Waals surface area contributed by atoms with E-state index in [4.69, 9.17) is 0 Å². The molecule has 0 rings (SSSR count). The zero-order valence-electron chi connectivity index (χ0n) is 4.11. The smallest absolute Gasteiger partial charge is 0.179 e. The normalized spacial score (nSPS) is 11.2. The summed E-state index contributed by atoms with van der Waals surface area (Å²) in [5.74, 6) is -0.102. The second-order valence-corrected chi connectivity index (χ2v) is 1.63. The molecule has 1 nitrogen and oxygen atoms in total. The van der Waals surface area contributed by atoms with Gasteiger partial charge < -0.3 is 0 Å². The lowest BCUT2D eigenvalue weighted by Gasteiger charge is -1.74. The zero-order valence-corrected chi connectivity index (χ0v) is 5.90. The summed E-state index contributed by atoms with van der Waals surface area (Å²) in [6.45, 7) is 0. The SMILES string of the molecule is O=C(/C=C/S)/C=C/S. The van der Waals surface area contributed by atoms with Crippen molar-refractivity contribution in [3.63, 3.8) is 0 Å². The topological polar surface area (TPSA) is 17.1 Å². The van der Waals surface area contributed by atoms with Crippen LogP contribution in [0.4, 0.5) is 0 Å². The Balaban J connectivity index is 3.66. The number of carbonyl (C=O) groups excluding carboxylic acids is 1.